The first-order valence-electron chi connectivity index (χ1n) is 11.9. The number of hydrogen-bond acceptors (Lipinski definition) is 8. The average molecular weight is 501 g/mol. The van der Waals surface area contributed by atoms with Gasteiger partial charge in [0.1, 0.15) is 22.9 Å². The van der Waals surface area contributed by atoms with Crippen LogP contribution in [0.3, 0.4) is 0 Å². The minimum absolute atomic E-state index is 0.261. The van der Waals surface area contributed by atoms with Gasteiger partial charge < -0.3 is 41.3 Å². The van der Waals surface area contributed by atoms with E-state index < -0.39 is 47.5 Å². The summed E-state index contributed by atoms with van der Waals surface area (Å²) >= 11 is 0. The summed E-state index contributed by atoms with van der Waals surface area (Å²) in [5.74, 6) is -3.24. The van der Waals surface area contributed by atoms with Gasteiger partial charge in [-0.1, -0.05) is 31.2 Å². The minimum atomic E-state index is -2.44. The second-order valence-corrected chi connectivity index (χ2v) is 9.55. The minimum Gasteiger partial charge on any atom is -0.394 e. The van der Waals surface area contributed by atoms with Crippen LogP contribution in [0.15, 0.2) is 48.5 Å². The van der Waals surface area contributed by atoms with Crippen LogP contribution in [0.4, 0.5) is 0 Å². The van der Waals surface area contributed by atoms with Crippen LogP contribution in [0.5, 0.6) is 0 Å². The van der Waals surface area contributed by atoms with Crippen LogP contribution in [0, 0.1) is 0 Å². The van der Waals surface area contributed by atoms with Gasteiger partial charge in [0, 0.05) is 30.6 Å². The molecule has 7 atom stereocenters. The molecule has 2 aliphatic carbocycles. The molecule has 0 aromatic heterocycles. The first-order valence-corrected chi connectivity index (χ1v) is 11.9. The van der Waals surface area contributed by atoms with E-state index in [0.29, 0.717) is 23.2 Å². The van der Waals surface area contributed by atoms with Gasteiger partial charge in [-0.25, -0.2) is 0 Å². The molecule has 0 radical (unpaired) electrons. The zero-order valence-electron chi connectivity index (χ0n) is 20.0. The highest BCUT2D eigenvalue weighted by molar-refractivity contribution is 5.94. The summed E-state index contributed by atoms with van der Waals surface area (Å²) in [4.78, 5) is 24.1. The number of aliphatic hydroxyl groups is 6. The monoisotopic (exact) mass is 500 g/mol. The zero-order chi connectivity index (χ0) is 26.5. The first-order chi connectivity index (χ1) is 17.0. The third kappa shape index (κ3) is 3.26. The van der Waals surface area contributed by atoms with Crippen molar-refractivity contribution in [2.24, 2.45) is 0 Å². The van der Waals surface area contributed by atoms with Gasteiger partial charge in [-0.05, 0) is 41.8 Å². The Hall–Kier alpha value is -2.86. The second-order valence-electron chi connectivity index (χ2n) is 9.55. The third-order valence-corrected chi connectivity index (χ3v) is 7.80. The van der Waals surface area contributed by atoms with Crippen molar-refractivity contribution in [2.75, 3.05) is 20.2 Å². The fraction of sp³-hybridized carbons (Fsp3) is 0.462. The van der Waals surface area contributed by atoms with Gasteiger partial charge in [-0.3, -0.25) is 9.59 Å². The fourth-order valence-corrected chi connectivity index (χ4v) is 5.97. The Bertz CT molecular complexity index is 1140. The molecule has 194 valence electrons. The summed E-state index contributed by atoms with van der Waals surface area (Å²) in [5, 5.41) is 71.4. The lowest BCUT2D eigenvalue weighted by Crippen LogP contribution is -2.99. The van der Waals surface area contributed by atoms with E-state index in [1.54, 1.807) is 0 Å². The van der Waals surface area contributed by atoms with Crippen LogP contribution in [-0.4, -0.2) is 91.7 Å². The van der Waals surface area contributed by atoms with Gasteiger partial charge in [0.05, 0.1) is 18.6 Å². The lowest BCUT2D eigenvalue weighted by molar-refractivity contribution is -0.459. The number of amides is 2. The maximum atomic E-state index is 12.2. The smallest absolute Gasteiger partial charge is 0.251 e. The molecule has 36 heavy (non-hydrogen) atoms. The number of hydrogen-bond donors (Lipinski definition) is 8. The van der Waals surface area contributed by atoms with Crippen LogP contribution < -0.4 is 10.6 Å². The maximum absolute atomic E-state index is 12.2. The standard InChI is InChI=1S/C26H32N2O8/c1-3-12-28-23(33)17-10-6-15(7-11-17)20-24(34,18(30)13-29)26(36)19(21(31)25(20,26)35)14-4-8-16(9-5-14)22(32)27-2/h4-11,18-21,29-31,34-36H,3,12-13H2,1-2H3,(H,27,32)(H,28,33)/t18-,19?,20?,21?,24+,25+,26+/m1/s1. The Morgan fingerprint density at radius 2 is 1.47 bits per heavy atom. The Kier molecular flexibility index (Phi) is 6.71. The van der Waals surface area contributed by atoms with E-state index in [2.05, 4.69) is 10.6 Å². The van der Waals surface area contributed by atoms with Gasteiger partial charge in [0.2, 0.25) is 0 Å². The summed E-state index contributed by atoms with van der Waals surface area (Å²) in [6.45, 7) is 1.50. The number of nitrogens with one attached hydrogen (secondary N) is 2. The normalized spacial score (nSPS) is 33.5. The van der Waals surface area contributed by atoms with E-state index >= 15 is 0 Å². The van der Waals surface area contributed by atoms with Crippen molar-refractivity contribution in [2.45, 2.75) is 54.2 Å². The van der Waals surface area contributed by atoms with Crippen LogP contribution in [0.1, 0.15) is 57.0 Å². The van der Waals surface area contributed by atoms with E-state index in [1.807, 2.05) is 6.92 Å². The summed E-state index contributed by atoms with van der Waals surface area (Å²) in [6, 6.07) is 11.8. The molecular formula is C26H32N2O8. The summed E-state index contributed by atoms with van der Waals surface area (Å²) in [6.07, 6.45) is -2.64. The van der Waals surface area contributed by atoms with Crippen LogP contribution in [0.25, 0.3) is 0 Å². The molecule has 0 heterocycles. The predicted octanol–water partition coefficient (Wildman–Crippen LogP) is -1.01. The van der Waals surface area contributed by atoms with Crippen molar-refractivity contribution >= 4 is 11.8 Å². The number of aliphatic hydroxyl groups excluding tert-OH is 3. The molecule has 2 aromatic carbocycles. The molecular weight excluding hydrogens is 468 g/mol. The number of rotatable bonds is 8. The summed E-state index contributed by atoms with van der Waals surface area (Å²) in [7, 11) is 1.48. The van der Waals surface area contributed by atoms with Crippen molar-refractivity contribution in [3.05, 3.63) is 70.8 Å². The van der Waals surface area contributed by atoms with E-state index in [9.17, 15) is 40.2 Å². The maximum Gasteiger partial charge on any atom is 0.251 e. The Balaban J connectivity index is 1.71. The number of carbonyl (C=O) groups is 2. The van der Waals surface area contributed by atoms with Gasteiger partial charge in [0.15, 0.2) is 0 Å². The van der Waals surface area contributed by atoms with E-state index in [1.165, 1.54) is 55.6 Å². The fourth-order valence-electron chi connectivity index (χ4n) is 5.97. The summed E-state index contributed by atoms with van der Waals surface area (Å²) in [5.41, 5.74) is -5.86. The molecule has 10 heteroatoms. The van der Waals surface area contributed by atoms with Crippen molar-refractivity contribution in [3.8, 4) is 0 Å². The SMILES string of the molecule is CCCNC(=O)c1ccc(C2[C@]3(O)C(O)C(c4ccc(C(=O)NC)cc4)[C@]3(O)[C@]2(O)[C@H](O)CO)cc1. The van der Waals surface area contributed by atoms with Crippen molar-refractivity contribution < 1.29 is 40.2 Å². The highest BCUT2D eigenvalue weighted by Gasteiger charge is 2.93. The van der Waals surface area contributed by atoms with Gasteiger partial charge in [-0.15, -0.1) is 0 Å². The van der Waals surface area contributed by atoms with Crippen molar-refractivity contribution in [3.63, 3.8) is 0 Å². The number of benzene rings is 2. The number of carbonyl (C=O) groups excluding carboxylic acids is 2. The Morgan fingerprint density at radius 1 is 0.944 bits per heavy atom. The molecule has 2 aliphatic rings. The van der Waals surface area contributed by atoms with Crippen LogP contribution in [-0.2, 0) is 0 Å². The lowest BCUT2D eigenvalue weighted by atomic mass is 9.30. The summed E-state index contributed by atoms with van der Waals surface area (Å²) < 4.78 is 0. The lowest BCUT2D eigenvalue weighted by Gasteiger charge is -2.80. The molecule has 10 nitrogen and oxygen atoms in total. The molecule has 2 aromatic rings. The van der Waals surface area contributed by atoms with E-state index in [-0.39, 0.29) is 17.4 Å². The molecule has 3 unspecified atom stereocenters. The van der Waals surface area contributed by atoms with Crippen LogP contribution in [0.2, 0.25) is 0 Å². The Labute approximate surface area is 208 Å². The van der Waals surface area contributed by atoms with Gasteiger partial charge in [0.25, 0.3) is 11.8 Å². The third-order valence-electron chi connectivity index (χ3n) is 7.80. The molecule has 0 saturated heterocycles. The molecule has 8 N–H and O–H groups in total. The molecule has 2 amide bonds. The number of fused-ring (bicyclic) bond motifs is 1. The topological polar surface area (TPSA) is 180 Å². The molecule has 0 bridgehead atoms. The predicted molar refractivity (Wildman–Crippen MR) is 128 cm³/mol. The van der Waals surface area contributed by atoms with Crippen molar-refractivity contribution in [1.82, 2.24) is 10.6 Å². The van der Waals surface area contributed by atoms with Gasteiger partial charge in [-0.2, -0.15) is 0 Å². The van der Waals surface area contributed by atoms with Crippen LogP contribution >= 0.6 is 0 Å². The molecule has 2 saturated carbocycles. The van der Waals surface area contributed by atoms with Gasteiger partial charge >= 0.3 is 0 Å². The highest BCUT2D eigenvalue weighted by atomic mass is 16.5. The zero-order valence-corrected chi connectivity index (χ0v) is 20.0. The molecule has 2 fully saturated rings. The molecule has 0 aliphatic heterocycles. The highest BCUT2D eigenvalue weighted by Crippen LogP contribution is 2.75. The van der Waals surface area contributed by atoms with E-state index in [4.69, 9.17) is 0 Å². The Morgan fingerprint density at radius 3 is 1.97 bits per heavy atom. The first kappa shape index (κ1) is 26.2. The van der Waals surface area contributed by atoms with E-state index in [0.717, 1.165) is 6.42 Å². The average Bonchev–Trinajstić information content (AvgIpc) is 2.91. The quantitative estimate of drug-likeness (QED) is 0.227. The largest absolute Gasteiger partial charge is 0.394 e. The molecule has 4 rings (SSSR count). The van der Waals surface area contributed by atoms with Crippen molar-refractivity contribution in [1.29, 1.82) is 0 Å². The molecule has 0 spiro atoms. The second kappa shape index (κ2) is 9.22.